The van der Waals surface area contributed by atoms with Crippen molar-refractivity contribution in [3.05, 3.63) is 66.1 Å². The molecule has 3 rings (SSSR count). The predicted molar refractivity (Wildman–Crippen MR) is 79.2 cm³/mol. The highest BCUT2D eigenvalue weighted by atomic mass is 19.1. The summed E-state index contributed by atoms with van der Waals surface area (Å²) in [6.45, 7) is 0. The normalized spacial score (nSPS) is 10.5. The Balaban J connectivity index is 1.93. The molecule has 21 heavy (non-hydrogen) atoms. The van der Waals surface area contributed by atoms with Crippen LogP contribution in [-0.2, 0) is 0 Å². The fourth-order valence-corrected chi connectivity index (χ4v) is 1.99. The van der Waals surface area contributed by atoms with Crippen LogP contribution in [0.15, 0.2) is 54.7 Å². The third-order valence-corrected chi connectivity index (χ3v) is 3.05. The molecule has 0 aliphatic rings. The molecule has 0 spiro atoms. The molecule has 1 aromatic heterocycles. The molecule has 0 atom stereocenters. The van der Waals surface area contributed by atoms with Gasteiger partial charge < -0.3 is 10.5 Å². The maximum atomic E-state index is 13.9. The highest BCUT2D eigenvalue weighted by molar-refractivity contribution is 5.95. The summed E-state index contributed by atoms with van der Waals surface area (Å²) in [5.41, 5.74) is 6.41. The first-order valence-corrected chi connectivity index (χ1v) is 6.30. The summed E-state index contributed by atoms with van der Waals surface area (Å²) in [6, 6.07) is 13.3. The maximum Gasteiger partial charge on any atom is 0.166 e. The Bertz CT molecular complexity index is 833. The van der Waals surface area contributed by atoms with Crippen molar-refractivity contribution >= 4 is 16.7 Å². The molecule has 0 unspecified atom stereocenters. The van der Waals surface area contributed by atoms with E-state index in [0.29, 0.717) is 11.3 Å². The average molecular weight is 281 g/mol. The van der Waals surface area contributed by atoms with Crippen molar-refractivity contribution in [1.29, 1.82) is 5.41 Å². The fraction of sp³-hybridized carbons (Fsp3) is 0. The highest BCUT2D eigenvalue weighted by Crippen LogP contribution is 2.27. The van der Waals surface area contributed by atoms with Crippen LogP contribution in [0.25, 0.3) is 10.9 Å². The second kappa shape index (κ2) is 5.20. The molecule has 2 aromatic carbocycles. The van der Waals surface area contributed by atoms with Crippen molar-refractivity contribution in [2.24, 2.45) is 5.73 Å². The van der Waals surface area contributed by atoms with Gasteiger partial charge in [-0.15, -0.1) is 0 Å². The summed E-state index contributed by atoms with van der Waals surface area (Å²) in [4.78, 5) is 4.22. The molecule has 0 fully saturated rings. The number of aromatic nitrogens is 1. The van der Waals surface area contributed by atoms with Crippen LogP contribution in [-0.4, -0.2) is 10.8 Å². The largest absolute Gasteiger partial charge is 0.454 e. The number of rotatable bonds is 3. The molecule has 0 amide bonds. The third kappa shape index (κ3) is 2.67. The molecule has 4 nitrogen and oxygen atoms in total. The third-order valence-electron chi connectivity index (χ3n) is 3.05. The number of halogens is 1. The Kier molecular flexibility index (Phi) is 3.23. The van der Waals surface area contributed by atoms with Crippen molar-refractivity contribution in [2.45, 2.75) is 0 Å². The van der Waals surface area contributed by atoms with Crippen molar-refractivity contribution in [2.75, 3.05) is 0 Å². The van der Waals surface area contributed by atoms with E-state index in [9.17, 15) is 4.39 Å². The minimum absolute atomic E-state index is 0.0790. The zero-order valence-electron chi connectivity index (χ0n) is 11.0. The van der Waals surface area contributed by atoms with E-state index >= 15 is 0 Å². The molecule has 0 radical (unpaired) electrons. The van der Waals surface area contributed by atoms with E-state index in [0.717, 1.165) is 10.9 Å². The first-order chi connectivity index (χ1) is 10.1. The standard InChI is InChI=1S/C16H12FN3O/c17-13-8-11(16(18)19)4-6-15(13)21-12-5-3-10-2-1-7-20-14(10)9-12/h1-9H,(H3,18,19). The molecule has 0 saturated carbocycles. The number of hydrogen-bond acceptors (Lipinski definition) is 3. The molecular weight excluding hydrogens is 269 g/mol. The quantitative estimate of drug-likeness (QED) is 0.570. The lowest BCUT2D eigenvalue weighted by atomic mass is 10.2. The van der Waals surface area contributed by atoms with Crippen LogP contribution in [0, 0.1) is 11.2 Å². The van der Waals surface area contributed by atoms with Gasteiger partial charge >= 0.3 is 0 Å². The summed E-state index contributed by atoms with van der Waals surface area (Å²) in [6.07, 6.45) is 1.69. The van der Waals surface area contributed by atoms with Gasteiger partial charge in [0, 0.05) is 23.2 Å². The van der Waals surface area contributed by atoms with Gasteiger partial charge in [-0.25, -0.2) is 4.39 Å². The number of ether oxygens (including phenoxy) is 1. The van der Waals surface area contributed by atoms with E-state index in [4.69, 9.17) is 15.9 Å². The number of nitrogens with zero attached hydrogens (tertiary/aromatic N) is 1. The van der Waals surface area contributed by atoms with Gasteiger partial charge in [-0.1, -0.05) is 6.07 Å². The van der Waals surface area contributed by atoms with Gasteiger partial charge in [0.25, 0.3) is 0 Å². The number of nitrogens with two attached hydrogens (primary N) is 1. The Morgan fingerprint density at radius 2 is 2.00 bits per heavy atom. The second-order valence-electron chi connectivity index (χ2n) is 4.52. The van der Waals surface area contributed by atoms with E-state index in [-0.39, 0.29) is 11.6 Å². The summed E-state index contributed by atoms with van der Waals surface area (Å²) in [5, 5.41) is 8.26. The SMILES string of the molecule is N=C(N)c1ccc(Oc2ccc3cccnc3c2)c(F)c1. The van der Waals surface area contributed by atoms with Gasteiger partial charge in [0.15, 0.2) is 11.6 Å². The smallest absolute Gasteiger partial charge is 0.166 e. The number of fused-ring (bicyclic) bond motifs is 1. The van der Waals surface area contributed by atoms with Gasteiger partial charge in [0.1, 0.15) is 11.6 Å². The lowest BCUT2D eigenvalue weighted by molar-refractivity contribution is 0.442. The van der Waals surface area contributed by atoms with Crippen LogP contribution in [0.2, 0.25) is 0 Å². The Morgan fingerprint density at radius 1 is 1.14 bits per heavy atom. The van der Waals surface area contributed by atoms with E-state index < -0.39 is 5.82 Å². The first kappa shape index (κ1) is 13.1. The van der Waals surface area contributed by atoms with E-state index in [1.165, 1.54) is 12.1 Å². The monoisotopic (exact) mass is 281 g/mol. The Labute approximate surface area is 120 Å². The van der Waals surface area contributed by atoms with Gasteiger partial charge in [-0.05, 0) is 36.4 Å². The maximum absolute atomic E-state index is 13.9. The first-order valence-electron chi connectivity index (χ1n) is 6.30. The molecule has 3 aromatic rings. The molecule has 5 heteroatoms. The van der Waals surface area contributed by atoms with E-state index in [1.807, 2.05) is 18.2 Å². The van der Waals surface area contributed by atoms with Crippen LogP contribution < -0.4 is 10.5 Å². The topological polar surface area (TPSA) is 72.0 Å². The van der Waals surface area contributed by atoms with E-state index in [1.54, 1.807) is 24.4 Å². The zero-order chi connectivity index (χ0) is 14.8. The van der Waals surface area contributed by atoms with Gasteiger partial charge in [0.05, 0.1) is 5.52 Å². The summed E-state index contributed by atoms with van der Waals surface area (Å²) in [5.74, 6) is -0.176. The summed E-state index contributed by atoms with van der Waals surface area (Å²) < 4.78 is 19.4. The van der Waals surface area contributed by atoms with Crippen LogP contribution >= 0.6 is 0 Å². The minimum atomic E-state index is -0.566. The number of amidine groups is 1. The van der Waals surface area contributed by atoms with Crippen LogP contribution in [0.5, 0.6) is 11.5 Å². The number of nitrogens with one attached hydrogen (secondary N) is 1. The Hall–Kier alpha value is -2.95. The molecule has 0 aliphatic heterocycles. The average Bonchev–Trinajstić information content (AvgIpc) is 2.49. The molecule has 0 aliphatic carbocycles. The van der Waals surface area contributed by atoms with Gasteiger partial charge in [-0.2, -0.15) is 0 Å². The number of nitrogen functional groups attached to an aromatic ring is 1. The zero-order valence-corrected chi connectivity index (χ0v) is 11.0. The number of hydrogen-bond donors (Lipinski definition) is 2. The lowest BCUT2D eigenvalue weighted by Gasteiger charge is -2.08. The molecule has 0 saturated heterocycles. The van der Waals surface area contributed by atoms with Crippen LogP contribution in [0.4, 0.5) is 4.39 Å². The van der Waals surface area contributed by atoms with Crippen LogP contribution in [0.1, 0.15) is 5.56 Å². The molecular formula is C16H12FN3O. The number of pyridine rings is 1. The fourth-order valence-electron chi connectivity index (χ4n) is 1.99. The van der Waals surface area contributed by atoms with Crippen molar-refractivity contribution < 1.29 is 9.13 Å². The number of benzene rings is 2. The van der Waals surface area contributed by atoms with Gasteiger partial charge in [-0.3, -0.25) is 10.4 Å². The Morgan fingerprint density at radius 3 is 2.76 bits per heavy atom. The summed E-state index contributed by atoms with van der Waals surface area (Å²) in [7, 11) is 0. The second-order valence-corrected chi connectivity index (χ2v) is 4.52. The molecule has 1 heterocycles. The van der Waals surface area contributed by atoms with Crippen LogP contribution in [0.3, 0.4) is 0 Å². The molecule has 104 valence electrons. The molecule has 3 N–H and O–H groups in total. The highest BCUT2D eigenvalue weighted by Gasteiger charge is 2.08. The lowest BCUT2D eigenvalue weighted by Crippen LogP contribution is -2.11. The minimum Gasteiger partial charge on any atom is -0.454 e. The summed E-state index contributed by atoms with van der Waals surface area (Å²) >= 11 is 0. The van der Waals surface area contributed by atoms with Gasteiger partial charge in [0.2, 0.25) is 0 Å². The van der Waals surface area contributed by atoms with E-state index in [2.05, 4.69) is 4.98 Å². The van der Waals surface area contributed by atoms with Crippen molar-refractivity contribution in [1.82, 2.24) is 4.98 Å². The molecule has 0 bridgehead atoms. The van der Waals surface area contributed by atoms with Crippen molar-refractivity contribution in [3.63, 3.8) is 0 Å². The van der Waals surface area contributed by atoms with Crippen molar-refractivity contribution in [3.8, 4) is 11.5 Å². The predicted octanol–water partition coefficient (Wildman–Crippen LogP) is 3.45.